The summed E-state index contributed by atoms with van der Waals surface area (Å²) in [5.41, 5.74) is 21.8. The first-order valence-electron chi connectivity index (χ1n) is 21.8. The summed E-state index contributed by atoms with van der Waals surface area (Å²) in [5, 5.41) is 2.32. The number of rotatable bonds is 5. The standard InChI is InChI=1S/C61H39NO/c1-3-15-40(16-4-1)42-27-31-44(32-28-42)62(45-33-29-43(30-34-45)41-17-5-2-6-18-41)46-35-36-55-52(39-46)48-20-8-7-19-47(48)49-21-9-12-24-53(49)61(55)54-25-13-10-22-50(54)59-56(61)37-38-58-60(59)51-23-11-14-26-57(51)63-58/h1-39H. The van der Waals surface area contributed by atoms with Gasteiger partial charge in [-0.2, -0.15) is 0 Å². The molecule has 0 saturated carbocycles. The molecule has 11 aromatic rings. The minimum atomic E-state index is -0.624. The molecule has 1 atom stereocenters. The fourth-order valence-electron chi connectivity index (χ4n) is 10.8. The maximum Gasteiger partial charge on any atom is 0.136 e. The Bertz CT molecular complexity index is 3470. The smallest absolute Gasteiger partial charge is 0.136 e. The molecular weight excluding hydrogens is 763 g/mol. The molecule has 294 valence electrons. The van der Waals surface area contributed by atoms with E-state index in [2.05, 4.69) is 241 Å². The molecule has 13 rings (SSSR count). The molecule has 10 aromatic carbocycles. The first-order valence-corrected chi connectivity index (χ1v) is 21.8. The molecule has 0 radical (unpaired) electrons. The molecule has 2 aliphatic carbocycles. The molecule has 0 fully saturated rings. The van der Waals surface area contributed by atoms with Crippen LogP contribution in [0.4, 0.5) is 17.1 Å². The minimum absolute atomic E-state index is 0.624. The topological polar surface area (TPSA) is 16.4 Å². The fourth-order valence-corrected chi connectivity index (χ4v) is 10.8. The lowest BCUT2D eigenvalue weighted by Gasteiger charge is -2.36. The quantitative estimate of drug-likeness (QED) is 0.172. The molecular formula is C61H39NO. The first-order chi connectivity index (χ1) is 31.3. The van der Waals surface area contributed by atoms with Crippen molar-refractivity contribution in [3.8, 4) is 55.6 Å². The van der Waals surface area contributed by atoms with Gasteiger partial charge in [0.15, 0.2) is 0 Å². The van der Waals surface area contributed by atoms with Gasteiger partial charge < -0.3 is 9.32 Å². The Morgan fingerprint density at radius 3 is 1.41 bits per heavy atom. The van der Waals surface area contributed by atoms with E-state index in [1.807, 2.05) is 0 Å². The normalized spacial score (nSPS) is 14.4. The van der Waals surface area contributed by atoms with Crippen molar-refractivity contribution in [1.29, 1.82) is 0 Å². The van der Waals surface area contributed by atoms with Gasteiger partial charge >= 0.3 is 0 Å². The molecule has 0 bridgehead atoms. The number of anilines is 3. The average molecular weight is 802 g/mol. The van der Waals surface area contributed by atoms with Gasteiger partial charge in [-0.1, -0.05) is 188 Å². The summed E-state index contributed by atoms with van der Waals surface area (Å²) in [5.74, 6) is 0. The molecule has 0 saturated heterocycles. The molecule has 0 N–H and O–H groups in total. The maximum absolute atomic E-state index is 6.57. The molecule has 2 nitrogen and oxygen atoms in total. The first kappa shape index (κ1) is 35.5. The van der Waals surface area contributed by atoms with E-state index in [4.69, 9.17) is 4.42 Å². The highest BCUT2D eigenvalue weighted by Crippen LogP contribution is 2.63. The zero-order valence-corrected chi connectivity index (χ0v) is 34.4. The van der Waals surface area contributed by atoms with Crippen LogP contribution in [0.3, 0.4) is 0 Å². The van der Waals surface area contributed by atoms with Gasteiger partial charge in [-0.15, -0.1) is 0 Å². The summed E-state index contributed by atoms with van der Waals surface area (Å²) in [6.45, 7) is 0. The number of fused-ring (bicyclic) bond motifs is 16. The predicted octanol–water partition coefficient (Wildman–Crippen LogP) is 16.4. The third-order valence-electron chi connectivity index (χ3n) is 13.5. The van der Waals surface area contributed by atoms with E-state index in [1.165, 1.54) is 83.3 Å². The van der Waals surface area contributed by atoms with Crippen LogP contribution in [0.25, 0.3) is 77.6 Å². The molecule has 1 heterocycles. The summed E-state index contributed by atoms with van der Waals surface area (Å²) in [6.07, 6.45) is 0. The van der Waals surface area contributed by atoms with Crippen LogP contribution < -0.4 is 4.90 Å². The van der Waals surface area contributed by atoms with Gasteiger partial charge in [0.1, 0.15) is 11.2 Å². The lowest BCUT2D eigenvalue weighted by Crippen LogP contribution is -2.29. The van der Waals surface area contributed by atoms with Crippen LogP contribution in [0.15, 0.2) is 241 Å². The second-order valence-corrected chi connectivity index (χ2v) is 16.7. The number of hydrogen-bond acceptors (Lipinski definition) is 2. The summed E-state index contributed by atoms with van der Waals surface area (Å²) >= 11 is 0. The Balaban J connectivity index is 1.09. The molecule has 0 aliphatic heterocycles. The molecule has 2 aliphatic rings. The largest absolute Gasteiger partial charge is 0.456 e. The minimum Gasteiger partial charge on any atom is -0.456 e. The van der Waals surface area contributed by atoms with E-state index in [1.54, 1.807) is 0 Å². The average Bonchev–Trinajstić information content (AvgIpc) is 3.85. The van der Waals surface area contributed by atoms with Crippen molar-refractivity contribution in [3.05, 3.63) is 259 Å². The van der Waals surface area contributed by atoms with Gasteiger partial charge in [0.05, 0.1) is 5.41 Å². The highest BCUT2D eigenvalue weighted by Gasteiger charge is 2.50. The van der Waals surface area contributed by atoms with E-state index in [-0.39, 0.29) is 0 Å². The van der Waals surface area contributed by atoms with E-state index < -0.39 is 5.41 Å². The van der Waals surface area contributed by atoms with Crippen molar-refractivity contribution >= 4 is 39.0 Å². The molecule has 1 unspecified atom stereocenters. The number of furan rings is 1. The van der Waals surface area contributed by atoms with Crippen molar-refractivity contribution in [2.75, 3.05) is 4.90 Å². The second-order valence-electron chi connectivity index (χ2n) is 16.7. The molecule has 63 heavy (non-hydrogen) atoms. The Morgan fingerprint density at radius 1 is 0.302 bits per heavy atom. The molecule has 1 spiro atoms. The van der Waals surface area contributed by atoms with Crippen molar-refractivity contribution in [1.82, 2.24) is 0 Å². The van der Waals surface area contributed by atoms with Gasteiger partial charge in [0, 0.05) is 27.8 Å². The Kier molecular flexibility index (Phi) is 7.85. The fraction of sp³-hybridized carbons (Fsp3) is 0.0164. The molecule has 2 heteroatoms. The van der Waals surface area contributed by atoms with E-state index in [0.29, 0.717) is 0 Å². The van der Waals surface area contributed by atoms with Gasteiger partial charge in [-0.25, -0.2) is 0 Å². The zero-order chi connectivity index (χ0) is 41.5. The van der Waals surface area contributed by atoms with E-state index in [0.717, 1.165) is 33.6 Å². The third kappa shape index (κ3) is 5.25. The maximum atomic E-state index is 6.57. The highest BCUT2D eigenvalue weighted by atomic mass is 16.3. The monoisotopic (exact) mass is 801 g/mol. The summed E-state index contributed by atoms with van der Waals surface area (Å²) in [6, 6.07) is 86.7. The van der Waals surface area contributed by atoms with E-state index in [9.17, 15) is 0 Å². The van der Waals surface area contributed by atoms with Gasteiger partial charge in [0.2, 0.25) is 0 Å². The number of benzene rings is 10. The van der Waals surface area contributed by atoms with Crippen LogP contribution in [0.1, 0.15) is 22.3 Å². The van der Waals surface area contributed by atoms with Crippen molar-refractivity contribution < 1.29 is 4.42 Å². The van der Waals surface area contributed by atoms with E-state index >= 15 is 0 Å². The summed E-state index contributed by atoms with van der Waals surface area (Å²) in [7, 11) is 0. The zero-order valence-electron chi connectivity index (χ0n) is 34.4. The Morgan fingerprint density at radius 2 is 0.762 bits per heavy atom. The molecule has 0 amide bonds. The second kappa shape index (κ2) is 13.9. The Hall–Kier alpha value is -8.20. The Labute approximate surface area is 366 Å². The predicted molar refractivity (Wildman–Crippen MR) is 261 cm³/mol. The van der Waals surface area contributed by atoms with Crippen LogP contribution in [0, 0.1) is 0 Å². The number of para-hydroxylation sites is 1. The number of nitrogens with zero attached hydrogens (tertiary/aromatic N) is 1. The van der Waals surface area contributed by atoms with Crippen molar-refractivity contribution in [2.45, 2.75) is 5.41 Å². The number of hydrogen-bond donors (Lipinski definition) is 0. The summed E-state index contributed by atoms with van der Waals surface area (Å²) < 4.78 is 6.57. The lowest BCUT2D eigenvalue weighted by molar-refractivity contribution is 0.668. The van der Waals surface area contributed by atoms with Crippen molar-refractivity contribution in [2.24, 2.45) is 0 Å². The summed E-state index contributed by atoms with van der Waals surface area (Å²) in [4.78, 5) is 2.41. The van der Waals surface area contributed by atoms with Crippen LogP contribution in [0.5, 0.6) is 0 Å². The van der Waals surface area contributed by atoms with Crippen LogP contribution in [0.2, 0.25) is 0 Å². The van der Waals surface area contributed by atoms with Crippen LogP contribution in [-0.2, 0) is 5.41 Å². The van der Waals surface area contributed by atoms with Gasteiger partial charge in [-0.3, -0.25) is 0 Å². The van der Waals surface area contributed by atoms with Gasteiger partial charge in [-0.05, 0) is 126 Å². The third-order valence-corrected chi connectivity index (χ3v) is 13.5. The van der Waals surface area contributed by atoms with Crippen LogP contribution >= 0.6 is 0 Å². The SMILES string of the molecule is c1ccc(-c2ccc(N(c3ccc(-c4ccccc4)cc3)c3ccc4c(c3)-c3ccccc3-c3ccccc3C43c4ccccc4-c4c3ccc3oc5ccccc5c43)cc2)cc1. The highest BCUT2D eigenvalue weighted by molar-refractivity contribution is 6.16. The van der Waals surface area contributed by atoms with Crippen molar-refractivity contribution in [3.63, 3.8) is 0 Å². The molecule has 1 aromatic heterocycles. The lowest BCUT2D eigenvalue weighted by atomic mass is 9.66. The van der Waals surface area contributed by atoms with Crippen LogP contribution in [-0.4, -0.2) is 0 Å². The van der Waals surface area contributed by atoms with Gasteiger partial charge in [0.25, 0.3) is 0 Å².